The Morgan fingerprint density at radius 3 is 2.27 bits per heavy atom. The molecule has 1 fully saturated rings. The highest BCUT2D eigenvalue weighted by Gasteiger charge is 2.31. The number of carbonyl (C=O) groups excluding carboxylic acids is 1. The molecule has 1 amide bonds. The molecule has 2 aromatic rings. The number of ether oxygens (including phenoxy) is 1. The van der Waals surface area contributed by atoms with E-state index in [1.807, 2.05) is 13.8 Å². The van der Waals surface area contributed by atoms with Gasteiger partial charge in [-0.05, 0) is 56.3 Å². The number of anilines is 2. The molecule has 0 aliphatic carbocycles. The van der Waals surface area contributed by atoms with Gasteiger partial charge in [0.15, 0.2) is 0 Å². The van der Waals surface area contributed by atoms with Gasteiger partial charge in [0.25, 0.3) is 0 Å². The molecule has 1 aliphatic rings. The third-order valence-corrected chi connectivity index (χ3v) is 6.16. The molecule has 0 atom stereocenters. The van der Waals surface area contributed by atoms with Crippen molar-refractivity contribution in [1.82, 2.24) is 4.90 Å². The molecule has 2 aromatic carbocycles. The zero-order valence-electron chi connectivity index (χ0n) is 18.3. The number of alkyl halides is 3. The van der Waals surface area contributed by atoms with E-state index in [9.17, 15) is 26.4 Å². The molecular weight excluding hydrogens is 459 g/mol. The molecule has 1 heterocycles. The van der Waals surface area contributed by atoms with E-state index in [2.05, 4.69) is 4.72 Å². The summed E-state index contributed by atoms with van der Waals surface area (Å²) in [4.78, 5) is 15.7. The van der Waals surface area contributed by atoms with Gasteiger partial charge in [0.1, 0.15) is 11.5 Å². The number of sulfonamides is 1. The lowest BCUT2D eigenvalue weighted by Crippen LogP contribution is -2.50. The highest BCUT2D eigenvalue weighted by atomic mass is 32.2. The Hall–Kier alpha value is -2.95. The highest BCUT2D eigenvalue weighted by molar-refractivity contribution is 7.93. The molecule has 33 heavy (non-hydrogen) atoms. The van der Waals surface area contributed by atoms with Crippen LogP contribution in [0.4, 0.5) is 24.5 Å². The number of benzene rings is 2. The molecule has 1 aliphatic heterocycles. The molecule has 0 unspecified atom stereocenters. The molecule has 0 radical (unpaired) electrons. The third kappa shape index (κ3) is 7.01. The molecule has 1 saturated heterocycles. The summed E-state index contributed by atoms with van der Waals surface area (Å²) in [7, 11) is -3.93. The Labute approximate surface area is 191 Å². The quantitative estimate of drug-likeness (QED) is 0.649. The number of nitrogens with one attached hydrogen (secondary N) is 1. The molecule has 1 N–H and O–H groups in total. The van der Waals surface area contributed by atoms with Crippen LogP contribution in [0, 0.1) is 0 Å². The first kappa shape index (κ1) is 24.7. The molecule has 0 aromatic heterocycles. The van der Waals surface area contributed by atoms with Gasteiger partial charge in [-0.2, -0.15) is 13.2 Å². The second-order valence-electron chi connectivity index (χ2n) is 7.97. The van der Waals surface area contributed by atoms with Crippen molar-refractivity contribution < 1.29 is 31.1 Å². The van der Waals surface area contributed by atoms with Crippen molar-refractivity contribution in [1.29, 1.82) is 0 Å². The molecular formula is C22H26F3N3O4S. The summed E-state index contributed by atoms with van der Waals surface area (Å²) < 4.78 is 71.6. The number of nitrogens with zero attached hydrogens (tertiary/aromatic N) is 2. The van der Waals surface area contributed by atoms with Crippen LogP contribution < -0.4 is 14.4 Å². The van der Waals surface area contributed by atoms with E-state index in [-0.39, 0.29) is 19.2 Å². The Balaban J connectivity index is 1.54. The monoisotopic (exact) mass is 485 g/mol. The maximum Gasteiger partial charge on any atom is 0.416 e. The molecule has 0 saturated carbocycles. The molecule has 180 valence electrons. The average molecular weight is 486 g/mol. The van der Waals surface area contributed by atoms with Gasteiger partial charge in [0.2, 0.25) is 15.9 Å². The lowest BCUT2D eigenvalue weighted by Gasteiger charge is -2.36. The zero-order valence-corrected chi connectivity index (χ0v) is 19.1. The van der Waals surface area contributed by atoms with E-state index >= 15 is 0 Å². The van der Waals surface area contributed by atoms with Gasteiger partial charge < -0.3 is 14.5 Å². The van der Waals surface area contributed by atoms with E-state index in [1.165, 1.54) is 11.0 Å². The third-order valence-electron chi connectivity index (χ3n) is 4.98. The lowest BCUT2D eigenvalue weighted by atomic mass is 10.1. The second-order valence-corrected chi connectivity index (χ2v) is 9.69. The van der Waals surface area contributed by atoms with E-state index < -0.39 is 33.4 Å². The summed E-state index contributed by atoms with van der Waals surface area (Å²) in [5, 5.41) is 0. The first-order valence-corrected chi connectivity index (χ1v) is 12.1. The van der Waals surface area contributed by atoms with Crippen molar-refractivity contribution in [2.75, 3.05) is 41.6 Å². The van der Waals surface area contributed by atoms with Gasteiger partial charge >= 0.3 is 6.18 Å². The second kappa shape index (κ2) is 9.90. The van der Waals surface area contributed by atoms with Crippen LogP contribution in [0.25, 0.3) is 0 Å². The van der Waals surface area contributed by atoms with Gasteiger partial charge in [0, 0.05) is 37.6 Å². The predicted octanol–water partition coefficient (Wildman–Crippen LogP) is 3.58. The van der Waals surface area contributed by atoms with Crippen molar-refractivity contribution in [2.45, 2.75) is 26.1 Å². The highest BCUT2D eigenvalue weighted by Crippen LogP contribution is 2.32. The van der Waals surface area contributed by atoms with Crippen molar-refractivity contribution in [3.63, 3.8) is 0 Å². The summed E-state index contributed by atoms with van der Waals surface area (Å²) in [6.45, 7) is 4.79. The summed E-state index contributed by atoms with van der Waals surface area (Å²) >= 11 is 0. The predicted molar refractivity (Wildman–Crippen MR) is 120 cm³/mol. The fourth-order valence-corrected chi connectivity index (χ4v) is 4.51. The molecule has 3 rings (SSSR count). The minimum atomic E-state index is -4.43. The van der Waals surface area contributed by atoms with Crippen LogP contribution in [0.2, 0.25) is 0 Å². The first-order valence-electron chi connectivity index (χ1n) is 10.4. The summed E-state index contributed by atoms with van der Waals surface area (Å²) in [6.07, 6.45) is -4.45. The van der Waals surface area contributed by atoms with Gasteiger partial charge in [-0.1, -0.05) is 6.07 Å². The minimum Gasteiger partial charge on any atom is -0.491 e. The zero-order chi connectivity index (χ0) is 24.2. The lowest BCUT2D eigenvalue weighted by molar-refractivity contribution is -0.137. The molecule has 11 heteroatoms. The number of rotatable bonds is 7. The molecule has 0 spiro atoms. The number of piperazine rings is 1. The van der Waals surface area contributed by atoms with Crippen molar-refractivity contribution in [2.24, 2.45) is 0 Å². The van der Waals surface area contributed by atoms with Gasteiger partial charge in [0.05, 0.1) is 11.7 Å². The van der Waals surface area contributed by atoms with E-state index in [1.54, 1.807) is 35.2 Å². The Morgan fingerprint density at radius 1 is 1.06 bits per heavy atom. The summed E-state index contributed by atoms with van der Waals surface area (Å²) in [6, 6.07) is 11.4. The van der Waals surface area contributed by atoms with Crippen LogP contribution in [0.15, 0.2) is 48.5 Å². The fraction of sp³-hybridized carbons (Fsp3) is 0.409. The van der Waals surface area contributed by atoms with Crippen LogP contribution in [0.3, 0.4) is 0 Å². The minimum absolute atomic E-state index is 0.0146. The van der Waals surface area contributed by atoms with Gasteiger partial charge in [-0.3, -0.25) is 9.52 Å². The first-order chi connectivity index (χ1) is 15.4. The SMILES string of the molecule is CC(C)Oc1ccc(NS(=O)(=O)CC(=O)N2CCN(c3cccc(C(F)(F)F)c3)CC2)cc1. The van der Waals surface area contributed by atoms with Crippen molar-refractivity contribution in [3.8, 4) is 5.75 Å². The Bertz CT molecular complexity index is 1070. The van der Waals surface area contributed by atoms with Crippen LogP contribution in [0.5, 0.6) is 5.75 Å². The number of hydrogen-bond donors (Lipinski definition) is 1. The number of halogens is 3. The van der Waals surface area contributed by atoms with E-state index in [0.29, 0.717) is 30.2 Å². The maximum absolute atomic E-state index is 12.9. The van der Waals surface area contributed by atoms with Gasteiger partial charge in [-0.15, -0.1) is 0 Å². The van der Waals surface area contributed by atoms with Crippen molar-refractivity contribution >= 4 is 27.3 Å². The standard InChI is InChI=1S/C22H26F3N3O4S/c1-16(2)32-20-8-6-18(7-9-20)26-33(30,31)15-21(29)28-12-10-27(11-13-28)19-5-3-4-17(14-19)22(23,24)25/h3-9,14,16,26H,10-13,15H2,1-2H3. The topological polar surface area (TPSA) is 78.9 Å². The molecule has 0 bridgehead atoms. The fourth-order valence-electron chi connectivity index (χ4n) is 3.44. The summed E-state index contributed by atoms with van der Waals surface area (Å²) in [5.41, 5.74) is -0.0103. The maximum atomic E-state index is 12.9. The largest absolute Gasteiger partial charge is 0.491 e. The molecule has 7 nitrogen and oxygen atoms in total. The van der Waals surface area contributed by atoms with E-state index in [0.717, 1.165) is 12.1 Å². The Kier molecular flexibility index (Phi) is 7.41. The van der Waals surface area contributed by atoms with Crippen molar-refractivity contribution in [3.05, 3.63) is 54.1 Å². The van der Waals surface area contributed by atoms with Crippen LogP contribution in [0.1, 0.15) is 19.4 Å². The smallest absolute Gasteiger partial charge is 0.416 e. The normalized spacial score (nSPS) is 15.0. The number of hydrogen-bond acceptors (Lipinski definition) is 5. The van der Waals surface area contributed by atoms with E-state index in [4.69, 9.17) is 4.74 Å². The number of amides is 1. The average Bonchev–Trinajstić information content (AvgIpc) is 2.74. The van der Waals surface area contributed by atoms with Crippen LogP contribution in [-0.2, 0) is 21.0 Å². The van der Waals surface area contributed by atoms with Crippen LogP contribution in [-0.4, -0.2) is 57.3 Å². The van der Waals surface area contributed by atoms with Gasteiger partial charge in [-0.25, -0.2) is 8.42 Å². The van der Waals surface area contributed by atoms with Crippen LogP contribution >= 0.6 is 0 Å². The number of carbonyl (C=O) groups is 1. The Morgan fingerprint density at radius 2 is 1.70 bits per heavy atom. The summed E-state index contributed by atoms with van der Waals surface area (Å²) in [5.74, 6) is -0.686.